The summed E-state index contributed by atoms with van der Waals surface area (Å²) in [6.07, 6.45) is 0.466. The highest BCUT2D eigenvalue weighted by Gasteiger charge is 2.14. The number of primary amides is 1. The van der Waals surface area contributed by atoms with Crippen LogP contribution in [0.15, 0.2) is 47.4 Å². The zero-order valence-corrected chi connectivity index (χ0v) is 14.8. The van der Waals surface area contributed by atoms with Gasteiger partial charge in [-0.1, -0.05) is 35.3 Å². The maximum Gasteiger partial charge on any atom is 0.319 e. The van der Waals surface area contributed by atoms with E-state index in [2.05, 4.69) is 0 Å². The number of primary sulfonamides is 1. The molecule has 0 saturated carbocycles. The first kappa shape index (κ1) is 18.5. The maximum atomic E-state index is 11.7. The fraction of sp³-hybridized carbons (Fsp3) is 0.133. The molecule has 24 heavy (non-hydrogen) atoms. The molecule has 0 bridgehead atoms. The van der Waals surface area contributed by atoms with E-state index in [1.165, 1.54) is 17.0 Å². The second-order valence-electron chi connectivity index (χ2n) is 5.03. The number of anilines is 1. The number of hydrogen-bond acceptors (Lipinski definition) is 3. The number of carbonyl (C=O) groups is 1. The molecule has 0 unspecified atom stereocenters. The molecule has 0 aliphatic heterocycles. The Morgan fingerprint density at radius 1 is 1.04 bits per heavy atom. The lowest BCUT2D eigenvalue weighted by molar-refractivity contribution is 0.254. The molecule has 6 nitrogen and oxygen atoms in total. The molecule has 2 aromatic carbocycles. The van der Waals surface area contributed by atoms with Crippen LogP contribution >= 0.6 is 23.2 Å². The van der Waals surface area contributed by atoms with E-state index < -0.39 is 16.1 Å². The van der Waals surface area contributed by atoms with E-state index in [9.17, 15) is 13.2 Å². The van der Waals surface area contributed by atoms with Crippen molar-refractivity contribution in [2.75, 3.05) is 11.4 Å². The summed E-state index contributed by atoms with van der Waals surface area (Å²) in [5.41, 5.74) is 6.77. The minimum Gasteiger partial charge on any atom is -0.351 e. The van der Waals surface area contributed by atoms with Crippen molar-refractivity contribution in [1.29, 1.82) is 0 Å². The van der Waals surface area contributed by atoms with Crippen LogP contribution in [0, 0.1) is 0 Å². The third kappa shape index (κ3) is 4.61. The van der Waals surface area contributed by atoms with E-state index in [1.54, 1.807) is 30.3 Å². The third-order valence-corrected chi connectivity index (χ3v) is 5.03. The number of urea groups is 1. The molecule has 2 amide bonds. The number of nitrogens with zero attached hydrogens (tertiary/aromatic N) is 1. The van der Waals surface area contributed by atoms with Gasteiger partial charge in [0.1, 0.15) is 0 Å². The molecule has 4 N–H and O–H groups in total. The molecule has 0 aromatic heterocycles. The molecule has 0 radical (unpaired) electrons. The van der Waals surface area contributed by atoms with Crippen molar-refractivity contribution in [3.05, 3.63) is 58.1 Å². The van der Waals surface area contributed by atoms with E-state index in [1.807, 2.05) is 0 Å². The van der Waals surface area contributed by atoms with Gasteiger partial charge in [-0.25, -0.2) is 18.4 Å². The van der Waals surface area contributed by atoms with Crippen LogP contribution in [-0.4, -0.2) is 21.0 Å². The van der Waals surface area contributed by atoms with Crippen LogP contribution in [0.25, 0.3) is 0 Å². The van der Waals surface area contributed by atoms with Crippen molar-refractivity contribution >= 4 is 44.9 Å². The van der Waals surface area contributed by atoms with Crippen LogP contribution in [0.3, 0.4) is 0 Å². The number of amides is 2. The van der Waals surface area contributed by atoms with E-state index >= 15 is 0 Å². The summed E-state index contributed by atoms with van der Waals surface area (Å²) in [5.74, 6) is 0. The minimum atomic E-state index is -3.73. The Kier molecular flexibility index (Phi) is 5.71. The summed E-state index contributed by atoms with van der Waals surface area (Å²) in [4.78, 5) is 13.1. The molecule has 0 aliphatic rings. The van der Waals surface area contributed by atoms with Gasteiger partial charge in [-0.05, 0) is 42.3 Å². The molecular formula is C15H15Cl2N3O3S. The Balaban J connectivity index is 2.14. The number of sulfonamides is 1. The minimum absolute atomic E-state index is 0.0301. The van der Waals surface area contributed by atoms with Gasteiger partial charge in [0.2, 0.25) is 10.0 Å². The molecule has 128 valence electrons. The molecule has 0 heterocycles. The number of nitrogens with two attached hydrogens (primary N) is 2. The van der Waals surface area contributed by atoms with Crippen LogP contribution in [0.4, 0.5) is 10.5 Å². The van der Waals surface area contributed by atoms with Crippen LogP contribution in [0.2, 0.25) is 10.0 Å². The molecule has 0 spiro atoms. The summed E-state index contributed by atoms with van der Waals surface area (Å²) in [6.45, 7) is 0.294. The Bertz CT molecular complexity index is 855. The van der Waals surface area contributed by atoms with Gasteiger partial charge in [0, 0.05) is 12.2 Å². The summed E-state index contributed by atoms with van der Waals surface area (Å²) >= 11 is 11.8. The van der Waals surface area contributed by atoms with E-state index in [0.717, 1.165) is 5.56 Å². The largest absolute Gasteiger partial charge is 0.351 e. The monoisotopic (exact) mass is 387 g/mol. The average Bonchev–Trinajstić information content (AvgIpc) is 2.50. The van der Waals surface area contributed by atoms with Crippen LogP contribution < -0.4 is 15.8 Å². The Morgan fingerprint density at radius 3 is 2.17 bits per heavy atom. The molecule has 9 heteroatoms. The third-order valence-electron chi connectivity index (χ3n) is 3.36. The first-order chi connectivity index (χ1) is 11.2. The fourth-order valence-electron chi connectivity index (χ4n) is 2.11. The number of hydrogen-bond donors (Lipinski definition) is 2. The molecule has 0 fully saturated rings. The van der Waals surface area contributed by atoms with Crippen LogP contribution in [-0.2, 0) is 16.4 Å². The summed E-state index contributed by atoms with van der Waals surface area (Å²) < 4.78 is 22.5. The lowest BCUT2D eigenvalue weighted by Crippen LogP contribution is -2.37. The van der Waals surface area contributed by atoms with Crippen molar-refractivity contribution in [3.63, 3.8) is 0 Å². The molecule has 0 atom stereocenters. The van der Waals surface area contributed by atoms with Gasteiger partial charge < -0.3 is 5.73 Å². The highest BCUT2D eigenvalue weighted by Crippen LogP contribution is 2.27. The lowest BCUT2D eigenvalue weighted by Gasteiger charge is -2.21. The van der Waals surface area contributed by atoms with E-state index in [-0.39, 0.29) is 4.90 Å². The van der Waals surface area contributed by atoms with Gasteiger partial charge in [-0.3, -0.25) is 4.90 Å². The van der Waals surface area contributed by atoms with E-state index in [0.29, 0.717) is 28.7 Å². The Labute approximate surface area is 150 Å². The second-order valence-corrected chi connectivity index (χ2v) is 7.40. The topological polar surface area (TPSA) is 106 Å². The zero-order valence-electron chi connectivity index (χ0n) is 12.4. The number of rotatable bonds is 5. The van der Waals surface area contributed by atoms with Crippen LogP contribution in [0.1, 0.15) is 5.56 Å². The van der Waals surface area contributed by atoms with Crippen molar-refractivity contribution in [1.82, 2.24) is 0 Å². The first-order valence-corrected chi connectivity index (χ1v) is 9.12. The van der Waals surface area contributed by atoms with Crippen molar-refractivity contribution in [3.8, 4) is 0 Å². The van der Waals surface area contributed by atoms with Crippen molar-refractivity contribution < 1.29 is 13.2 Å². The standard InChI is InChI=1S/C15H15Cl2N3O3S/c16-13-6-3-11(9-14(13)17)20(15(18)21)8-7-10-1-4-12(5-2-10)24(19,22)23/h1-6,9H,7-8H2,(H2,18,21)(H2,19,22,23). The molecule has 2 aromatic rings. The average molecular weight is 388 g/mol. The zero-order chi connectivity index (χ0) is 17.9. The molecule has 0 saturated heterocycles. The Morgan fingerprint density at radius 2 is 1.67 bits per heavy atom. The molecule has 2 rings (SSSR count). The van der Waals surface area contributed by atoms with Gasteiger partial charge in [0.05, 0.1) is 14.9 Å². The SMILES string of the molecule is NC(=O)N(CCc1ccc(S(N)(=O)=O)cc1)c1ccc(Cl)c(Cl)c1. The van der Waals surface area contributed by atoms with Gasteiger partial charge in [0.25, 0.3) is 0 Å². The number of benzene rings is 2. The second kappa shape index (κ2) is 7.40. The van der Waals surface area contributed by atoms with Crippen LogP contribution in [0.5, 0.6) is 0 Å². The molecular weight excluding hydrogens is 373 g/mol. The summed E-state index contributed by atoms with van der Waals surface area (Å²) in [6, 6.07) is 10.2. The maximum absolute atomic E-state index is 11.7. The summed E-state index contributed by atoms with van der Waals surface area (Å²) in [5, 5.41) is 5.75. The van der Waals surface area contributed by atoms with Crippen molar-refractivity contribution in [2.24, 2.45) is 10.9 Å². The lowest BCUT2D eigenvalue weighted by atomic mass is 10.1. The normalized spacial score (nSPS) is 11.3. The van der Waals surface area contributed by atoms with Gasteiger partial charge in [0.15, 0.2) is 0 Å². The van der Waals surface area contributed by atoms with Gasteiger partial charge in [-0.2, -0.15) is 0 Å². The highest BCUT2D eigenvalue weighted by molar-refractivity contribution is 7.89. The van der Waals surface area contributed by atoms with Gasteiger partial charge in [-0.15, -0.1) is 0 Å². The number of halogens is 2. The first-order valence-electron chi connectivity index (χ1n) is 6.82. The molecule has 0 aliphatic carbocycles. The van der Waals surface area contributed by atoms with E-state index in [4.69, 9.17) is 34.1 Å². The quantitative estimate of drug-likeness (QED) is 0.822. The summed E-state index contributed by atoms with van der Waals surface area (Å²) in [7, 11) is -3.73. The van der Waals surface area contributed by atoms with Crippen molar-refractivity contribution in [2.45, 2.75) is 11.3 Å². The predicted molar refractivity (Wildman–Crippen MR) is 94.9 cm³/mol. The van der Waals surface area contributed by atoms with Gasteiger partial charge >= 0.3 is 6.03 Å². The fourth-order valence-corrected chi connectivity index (χ4v) is 2.91. The smallest absolute Gasteiger partial charge is 0.319 e. The predicted octanol–water partition coefficient (Wildman–Crippen LogP) is 2.77. The number of carbonyl (C=O) groups excluding carboxylic acids is 1. The highest BCUT2D eigenvalue weighted by atomic mass is 35.5. The Hall–Kier alpha value is -1.80.